The predicted octanol–water partition coefficient (Wildman–Crippen LogP) is 2.25. The quantitative estimate of drug-likeness (QED) is 0.852. The highest BCUT2D eigenvalue weighted by Gasteiger charge is 2.21. The topological polar surface area (TPSA) is 48.8 Å². The molecule has 0 unspecified atom stereocenters. The van der Waals surface area contributed by atoms with E-state index in [1.807, 2.05) is 23.1 Å². The maximum atomic E-state index is 6.02. The van der Waals surface area contributed by atoms with Crippen LogP contribution in [0.4, 0.5) is 0 Å². The van der Waals surface area contributed by atoms with Crippen LogP contribution in [0.3, 0.4) is 0 Å². The lowest BCUT2D eigenvalue weighted by Crippen LogP contribution is -2.34. The number of rotatable bonds is 4. The van der Waals surface area contributed by atoms with Gasteiger partial charge in [-0.1, -0.05) is 0 Å². The minimum atomic E-state index is 0.167. The van der Waals surface area contributed by atoms with Crippen molar-refractivity contribution in [2.45, 2.75) is 32.5 Å². The minimum Gasteiger partial charge on any atom is -0.486 e. The molecule has 1 fully saturated rings. The van der Waals surface area contributed by atoms with Gasteiger partial charge in [-0.15, -0.1) is 0 Å². The van der Waals surface area contributed by atoms with Gasteiger partial charge >= 0.3 is 0 Å². The van der Waals surface area contributed by atoms with E-state index in [1.54, 1.807) is 0 Å². The molecule has 1 aromatic carbocycles. The summed E-state index contributed by atoms with van der Waals surface area (Å²) in [6.07, 6.45) is 5.02. The number of nitrogens with zero attached hydrogens (tertiary/aromatic N) is 3. The largest absolute Gasteiger partial charge is 0.486 e. The molecular weight excluding hydrogens is 318 g/mol. The summed E-state index contributed by atoms with van der Waals surface area (Å²) in [6, 6.07) is 6.18. The maximum absolute atomic E-state index is 6.02. The van der Waals surface area contributed by atoms with Gasteiger partial charge in [0.15, 0.2) is 11.5 Å². The number of aryl methyl sites for hydroxylation is 1. The Kier molecular flexibility index (Phi) is 4.90. The van der Waals surface area contributed by atoms with E-state index in [4.69, 9.17) is 14.2 Å². The first-order chi connectivity index (χ1) is 12.3. The van der Waals surface area contributed by atoms with Crippen molar-refractivity contribution in [3.8, 4) is 11.5 Å². The molecule has 6 nitrogen and oxygen atoms in total. The summed E-state index contributed by atoms with van der Waals surface area (Å²) in [6.45, 7) is 7.86. The number of hydrogen-bond acceptors (Lipinski definition) is 5. The molecule has 0 aliphatic carbocycles. The molecule has 0 radical (unpaired) electrons. The standard InChI is InChI=1S/C19H25N3O3/c1-15-10-18-19(25-9-8-24-18)11-16(15)12-21-5-3-7-23-17(13-21)14-22-6-2-4-20-22/h2,4,6,10-11,17H,3,5,7-9,12-14H2,1H3/t17-/m0/s1. The summed E-state index contributed by atoms with van der Waals surface area (Å²) in [5, 5.41) is 4.30. The van der Waals surface area contributed by atoms with Gasteiger partial charge in [0, 0.05) is 38.6 Å². The molecule has 0 saturated carbocycles. The van der Waals surface area contributed by atoms with Gasteiger partial charge in [-0.25, -0.2) is 0 Å². The molecule has 6 heteroatoms. The third-order valence-electron chi connectivity index (χ3n) is 4.78. The highest BCUT2D eigenvalue weighted by Crippen LogP contribution is 2.33. The smallest absolute Gasteiger partial charge is 0.161 e. The van der Waals surface area contributed by atoms with Crippen LogP contribution in [0.25, 0.3) is 0 Å². The second-order valence-corrected chi connectivity index (χ2v) is 6.73. The first-order valence-electron chi connectivity index (χ1n) is 8.98. The van der Waals surface area contributed by atoms with Gasteiger partial charge in [-0.3, -0.25) is 9.58 Å². The van der Waals surface area contributed by atoms with Crippen molar-refractivity contribution in [2.24, 2.45) is 0 Å². The minimum absolute atomic E-state index is 0.167. The SMILES string of the molecule is Cc1cc2c(cc1CN1CCCO[C@H](Cn3cccn3)C1)OCCO2. The van der Waals surface area contributed by atoms with E-state index >= 15 is 0 Å². The number of benzene rings is 1. The van der Waals surface area contributed by atoms with Gasteiger partial charge in [0.2, 0.25) is 0 Å². The Morgan fingerprint density at radius 2 is 2.00 bits per heavy atom. The van der Waals surface area contributed by atoms with E-state index < -0.39 is 0 Å². The van der Waals surface area contributed by atoms with Crippen LogP contribution in [0.15, 0.2) is 30.6 Å². The predicted molar refractivity (Wildman–Crippen MR) is 94.0 cm³/mol. The molecule has 134 valence electrons. The Balaban J connectivity index is 1.45. The third-order valence-corrected chi connectivity index (χ3v) is 4.78. The Morgan fingerprint density at radius 1 is 1.16 bits per heavy atom. The normalized spacial score (nSPS) is 21.1. The molecular formula is C19H25N3O3. The molecule has 1 aromatic heterocycles. The zero-order chi connectivity index (χ0) is 17.1. The first-order valence-corrected chi connectivity index (χ1v) is 8.98. The molecule has 0 bridgehead atoms. The Labute approximate surface area is 148 Å². The summed E-state index contributed by atoms with van der Waals surface area (Å²) in [4.78, 5) is 2.47. The van der Waals surface area contributed by atoms with Crippen molar-refractivity contribution in [1.82, 2.24) is 14.7 Å². The second-order valence-electron chi connectivity index (χ2n) is 6.73. The second kappa shape index (κ2) is 7.45. The lowest BCUT2D eigenvalue weighted by atomic mass is 10.1. The van der Waals surface area contributed by atoms with E-state index in [0.717, 1.165) is 50.7 Å². The maximum Gasteiger partial charge on any atom is 0.161 e. The molecule has 4 rings (SSSR count). The molecule has 1 saturated heterocycles. The third kappa shape index (κ3) is 3.96. The van der Waals surface area contributed by atoms with Crippen molar-refractivity contribution < 1.29 is 14.2 Å². The van der Waals surface area contributed by atoms with Crippen molar-refractivity contribution in [3.63, 3.8) is 0 Å². The van der Waals surface area contributed by atoms with Crippen molar-refractivity contribution >= 4 is 0 Å². The average Bonchev–Trinajstić information content (AvgIpc) is 3.02. The van der Waals surface area contributed by atoms with Gasteiger partial charge in [0.25, 0.3) is 0 Å². The number of hydrogen-bond donors (Lipinski definition) is 0. The van der Waals surface area contributed by atoms with Gasteiger partial charge in [-0.05, 0) is 42.7 Å². The van der Waals surface area contributed by atoms with Gasteiger partial charge in [0.1, 0.15) is 13.2 Å². The fourth-order valence-corrected chi connectivity index (χ4v) is 3.49. The molecule has 25 heavy (non-hydrogen) atoms. The van der Waals surface area contributed by atoms with Crippen LogP contribution in [0.2, 0.25) is 0 Å². The summed E-state index contributed by atoms with van der Waals surface area (Å²) in [5.74, 6) is 1.73. The fraction of sp³-hybridized carbons (Fsp3) is 0.526. The molecule has 0 N–H and O–H groups in total. The van der Waals surface area contributed by atoms with Crippen molar-refractivity contribution in [1.29, 1.82) is 0 Å². The van der Waals surface area contributed by atoms with E-state index in [1.165, 1.54) is 11.1 Å². The zero-order valence-corrected chi connectivity index (χ0v) is 14.7. The van der Waals surface area contributed by atoms with Crippen LogP contribution in [0, 0.1) is 6.92 Å². The van der Waals surface area contributed by atoms with Crippen LogP contribution in [0.1, 0.15) is 17.5 Å². The van der Waals surface area contributed by atoms with Crippen LogP contribution in [0.5, 0.6) is 11.5 Å². The Morgan fingerprint density at radius 3 is 2.80 bits per heavy atom. The average molecular weight is 343 g/mol. The summed E-state index contributed by atoms with van der Waals surface area (Å²) >= 11 is 0. The summed E-state index contributed by atoms with van der Waals surface area (Å²) in [5.41, 5.74) is 2.54. The first kappa shape index (κ1) is 16.4. The van der Waals surface area contributed by atoms with Crippen LogP contribution < -0.4 is 9.47 Å². The summed E-state index contributed by atoms with van der Waals surface area (Å²) in [7, 11) is 0. The van der Waals surface area contributed by atoms with Gasteiger partial charge in [-0.2, -0.15) is 5.10 Å². The fourth-order valence-electron chi connectivity index (χ4n) is 3.49. The number of aromatic nitrogens is 2. The molecule has 3 heterocycles. The molecule has 0 amide bonds. The Bertz CT molecular complexity index is 702. The van der Waals surface area contributed by atoms with E-state index in [9.17, 15) is 0 Å². The molecule has 2 aliphatic rings. The van der Waals surface area contributed by atoms with Gasteiger partial charge < -0.3 is 14.2 Å². The van der Waals surface area contributed by atoms with E-state index in [0.29, 0.717) is 13.2 Å². The molecule has 2 aromatic rings. The lowest BCUT2D eigenvalue weighted by Gasteiger charge is -2.26. The zero-order valence-electron chi connectivity index (χ0n) is 14.7. The number of fused-ring (bicyclic) bond motifs is 1. The monoisotopic (exact) mass is 343 g/mol. The molecule has 2 aliphatic heterocycles. The van der Waals surface area contributed by atoms with Gasteiger partial charge in [0.05, 0.1) is 12.6 Å². The highest BCUT2D eigenvalue weighted by atomic mass is 16.6. The van der Waals surface area contributed by atoms with Crippen molar-refractivity contribution in [2.75, 3.05) is 32.9 Å². The van der Waals surface area contributed by atoms with E-state index in [-0.39, 0.29) is 6.10 Å². The number of ether oxygens (including phenoxy) is 3. The van der Waals surface area contributed by atoms with Crippen LogP contribution >= 0.6 is 0 Å². The highest BCUT2D eigenvalue weighted by molar-refractivity contribution is 5.47. The van der Waals surface area contributed by atoms with Crippen LogP contribution in [-0.2, 0) is 17.8 Å². The summed E-state index contributed by atoms with van der Waals surface area (Å²) < 4.78 is 19.4. The van der Waals surface area contributed by atoms with Crippen molar-refractivity contribution in [3.05, 3.63) is 41.7 Å². The molecule has 1 atom stereocenters. The lowest BCUT2D eigenvalue weighted by molar-refractivity contribution is 0.0391. The van der Waals surface area contributed by atoms with Crippen LogP contribution in [-0.4, -0.2) is 53.7 Å². The van der Waals surface area contributed by atoms with E-state index in [2.05, 4.69) is 29.1 Å². The Hall–Kier alpha value is -2.05. The molecule has 0 spiro atoms.